The van der Waals surface area contributed by atoms with E-state index in [9.17, 15) is 17.6 Å². The fourth-order valence-electron chi connectivity index (χ4n) is 1.86. The van der Waals surface area contributed by atoms with Crippen LogP contribution in [0, 0.1) is 5.82 Å². The van der Waals surface area contributed by atoms with Crippen LogP contribution in [-0.2, 0) is 6.18 Å². The summed E-state index contributed by atoms with van der Waals surface area (Å²) in [4.78, 5) is 0. The maximum absolute atomic E-state index is 13.7. The second kappa shape index (κ2) is 5.26. The van der Waals surface area contributed by atoms with Crippen molar-refractivity contribution in [3.05, 3.63) is 47.5 Å². The SMILES string of the molecule is CCC(C)c1cc(C(F)(F)F)n(-c2ccccc2F)n1. The molecule has 0 saturated carbocycles. The summed E-state index contributed by atoms with van der Waals surface area (Å²) in [6.07, 6.45) is -3.92. The molecule has 0 spiro atoms. The third-order valence-electron chi connectivity index (χ3n) is 3.22. The van der Waals surface area contributed by atoms with Crippen LogP contribution in [0.2, 0.25) is 0 Å². The second-order valence-electron chi connectivity index (χ2n) is 4.62. The zero-order chi connectivity index (χ0) is 14.9. The molecule has 2 aromatic rings. The van der Waals surface area contributed by atoms with E-state index >= 15 is 0 Å². The van der Waals surface area contributed by atoms with Crippen molar-refractivity contribution < 1.29 is 17.6 Å². The van der Waals surface area contributed by atoms with E-state index in [1.165, 1.54) is 18.2 Å². The van der Waals surface area contributed by atoms with Crippen molar-refractivity contribution in [2.45, 2.75) is 32.4 Å². The van der Waals surface area contributed by atoms with E-state index in [1.807, 2.05) is 6.92 Å². The molecule has 0 saturated heterocycles. The number of alkyl halides is 3. The lowest BCUT2D eigenvalue weighted by molar-refractivity contribution is -0.142. The van der Waals surface area contributed by atoms with E-state index in [-0.39, 0.29) is 11.6 Å². The van der Waals surface area contributed by atoms with Gasteiger partial charge in [0.25, 0.3) is 0 Å². The molecule has 0 fully saturated rings. The topological polar surface area (TPSA) is 17.8 Å². The highest BCUT2D eigenvalue weighted by Crippen LogP contribution is 2.34. The Morgan fingerprint density at radius 1 is 1.25 bits per heavy atom. The molecule has 1 aromatic carbocycles. The number of benzene rings is 1. The average molecular weight is 286 g/mol. The van der Waals surface area contributed by atoms with Crippen LogP contribution in [0.4, 0.5) is 17.6 Å². The van der Waals surface area contributed by atoms with Crippen molar-refractivity contribution >= 4 is 0 Å². The molecular formula is C14H14F4N2. The molecule has 2 nitrogen and oxygen atoms in total. The van der Waals surface area contributed by atoms with Crippen LogP contribution in [-0.4, -0.2) is 9.78 Å². The monoisotopic (exact) mass is 286 g/mol. The van der Waals surface area contributed by atoms with Crippen molar-refractivity contribution in [3.8, 4) is 5.69 Å². The van der Waals surface area contributed by atoms with E-state index < -0.39 is 17.7 Å². The molecule has 0 aliphatic rings. The minimum absolute atomic E-state index is 0.121. The molecule has 2 rings (SSSR count). The largest absolute Gasteiger partial charge is 0.433 e. The highest BCUT2D eigenvalue weighted by atomic mass is 19.4. The van der Waals surface area contributed by atoms with Gasteiger partial charge in [-0.1, -0.05) is 26.0 Å². The molecule has 1 atom stereocenters. The molecule has 6 heteroatoms. The van der Waals surface area contributed by atoms with Crippen LogP contribution in [0.3, 0.4) is 0 Å². The van der Waals surface area contributed by atoms with Gasteiger partial charge >= 0.3 is 6.18 Å². The molecule has 0 N–H and O–H groups in total. The Hall–Kier alpha value is -1.85. The van der Waals surface area contributed by atoms with Gasteiger partial charge in [-0.05, 0) is 30.5 Å². The number of hydrogen-bond acceptors (Lipinski definition) is 1. The zero-order valence-electron chi connectivity index (χ0n) is 11.1. The molecule has 0 bridgehead atoms. The molecular weight excluding hydrogens is 272 g/mol. The summed E-state index contributed by atoms with van der Waals surface area (Å²) >= 11 is 0. The van der Waals surface area contributed by atoms with Crippen molar-refractivity contribution in [2.24, 2.45) is 0 Å². The Kier molecular flexibility index (Phi) is 3.83. The summed E-state index contributed by atoms with van der Waals surface area (Å²) in [6.45, 7) is 3.65. The lowest BCUT2D eigenvalue weighted by atomic mass is 10.1. The van der Waals surface area contributed by atoms with Gasteiger partial charge in [0.05, 0.1) is 5.69 Å². The lowest BCUT2D eigenvalue weighted by Crippen LogP contribution is -2.14. The fraction of sp³-hybridized carbons (Fsp3) is 0.357. The van der Waals surface area contributed by atoms with Crippen LogP contribution in [0.1, 0.15) is 37.6 Å². The van der Waals surface area contributed by atoms with Crippen LogP contribution >= 0.6 is 0 Å². The molecule has 0 radical (unpaired) electrons. The summed E-state index contributed by atoms with van der Waals surface area (Å²) in [5, 5.41) is 3.94. The van der Waals surface area contributed by atoms with Crippen molar-refractivity contribution in [3.63, 3.8) is 0 Å². The number of nitrogens with zero attached hydrogens (tertiary/aromatic N) is 2. The Balaban J connectivity index is 2.62. The summed E-state index contributed by atoms with van der Waals surface area (Å²) < 4.78 is 53.5. The van der Waals surface area contributed by atoms with Gasteiger partial charge in [-0.3, -0.25) is 0 Å². The van der Waals surface area contributed by atoms with Crippen LogP contribution in [0.25, 0.3) is 5.69 Å². The molecule has 108 valence electrons. The first-order valence-electron chi connectivity index (χ1n) is 6.26. The van der Waals surface area contributed by atoms with Gasteiger partial charge in [0.15, 0.2) is 0 Å². The molecule has 0 amide bonds. The van der Waals surface area contributed by atoms with Crippen LogP contribution in [0.15, 0.2) is 30.3 Å². The van der Waals surface area contributed by atoms with Gasteiger partial charge < -0.3 is 0 Å². The predicted molar refractivity (Wildman–Crippen MR) is 67.2 cm³/mol. The van der Waals surface area contributed by atoms with Crippen molar-refractivity contribution in [1.82, 2.24) is 9.78 Å². The van der Waals surface area contributed by atoms with E-state index in [2.05, 4.69) is 5.10 Å². The number of halogens is 4. The fourth-order valence-corrected chi connectivity index (χ4v) is 1.86. The summed E-state index contributed by atoms with van der Waals surface area (Å²) in [7, 11) is 0. The summed E-state index contributed by atoms with van der Waals surface area (Å²) in [6, 6.07) is 6.27. The van der Waals surface area contributed by atoms with Crippen molar-refractivity contribution in [1.29, 1.82) is 0 Å². The Morgan fingerprint density at radius 3 is 2.45 bits per heavy atom. The summed E-state index contributed by atoms with van der Waals surface area (Å²) in [5.41, 5.74) is -0.852. The molecule has 1 heterocycles. The quantitative estimate of drug-likeness (QED) is 0.757. The number of aromatic nitrogens is 2. The highest BCUT2D eigenvalue weighted by Gasteiger charge is 2.37. The molecule has 20 heavy (non-hydrogen) atoms. The van der Waals surface area contributed by atoms with Crippen LogP contribution < -0.4 is 0 Å². The lowest BCUT2D eigenvalue weighted by Gasteiger charge is -2.10. The first kappa shape index (κ1) is 14.6. The first-order valence-corrected chi connectivity index (χ1v) is 6.26. The minimum atomic E-state index is -4.58. The maximum atomic E-state index is 13.7. The first-order chi connectivity index (χ1) is 9.34. The zero-order valence-corrected chi connectivity index (χ0v) is 11.1. The molecule has 0 aliphatic carbocycles. The summed E-state index contributed by atoms with van der Waals surface area (Å²) in [5.74, 6) is -0.860. The molecule has 1 unspecified atom stereocenters. The van der Waals surface area contributed by atoms with E-state index in [0.29, 0.717) is 16.8 Å². The molecule has 0 aliphatic heterocycles. The average Bonchev–Trinajstić information content (AvgIpc) is 2.83. The smallest absolute Gasteiger partial charge is 0.225 e. The van der Waals surface area contributed by atoms with Gasteiger partial charge in [0.1, 0.15) is 17.2 Å². The Morgan fingerprint density at radius 2 is 1.90 bits per heavy atom. The van der Waals surface area contributed by atoms with E-state index in [0.717, 1.165) is 12.1 Å². The van der Waals surface area contributed by atoms with Crippen molar-refractivity contribution in [2.75, 3.05) is 0 Å². The Labute approximate surface area is 114 Å². The number of hydrogen-bond donors (Lipinski definition) is 0. The minimum Gasteiger partial charge on any atom is -0.225 e. The normalized spacial score (nSPS) is 13.5. The maximum Gasteiger partial charge on any atom is 0.433 e. The van der Waals surface area contributed by atoms with E-state index in [4.69, 9.17) is 0 Å². The van der Waals surface area contributed by atoms with Gasteiger partial charge in [0, 0.05) is 0 Å². The van der Waals surface area contributed by atoms with E-state index in [1.54, 1.807) is 6.92 Å². The van der Waals surface area contributed by atoms with Gasteiger partial charge in [0.2, 0.25) is 0 Å². The third-order valence-corrected chi connectivity index (χ3v) is 3.22. The third kappa shape index (κ3) is 2.69. The standard InChI is InChI=1S/C14H14F4N2/c1-3-9(2)11-8-13(14(16,17)18)20(19-11)12-7-5-4-6-10(12)15/h4-9H,3H2,1-2H3. The van der Waals surface area contributed by atoms with Gasteiger partial charge in [-0.2, -0.15) is 18.3 Å². The highest BCUT2D eigenvalue weighted by molar-refractivity contribution is 5.36. The van der Waals surface area contributed by atoms with Crippen LogP contribution in [0.5, 0.6) is 0 Å². The molecule has 1 aromatic heterocycles. The van der Waals surface area contributed by atoms with Gasteiger partial charge in [-0.25, -0.2) is 9.07 Å². The number of rotatable bonds is 3. The van der Waals surface area contributed by atoms with Gasteiger partial charge in [-0.15, -0.1) is 0 Å². The number of para-hydroxylation sites is 1. The Bertz CT molecular complexity index is 601. The predicted octanol–water partition coefficient (Wildman–Crippen LogP) is 4.54. The second-order valence-corrected chi connectivity index (χ2v) is 4.62.